The number of carbonyl (C=O) groups is 5. The van der Waals surface area contributed by atoms with Gasteiger partial charge in [0.05, 0.1) is 31.3 Å². The summed E-state index contributed by atoms with van der Waals surface area (Å²) in [5.41, 5.74) is 0.984. The van der Waals surface area contributed by atoms with E-state index in [0.29, 0.717) is 11.3 Å². The minimum absolute atomic E-state index is 0.0368. The van der Waals surface area contributed by atoms with Gasteiger partial charge in [-0.15, -0.1) is 0 Å². The van der Waals surface area contributed by atoms with Crippen LogP contribution in [-0.2, 0) is 20.9 Å². The highest BCUT2D eigenvalue weighted by Crippen LogP contribution is 2.16. The normalized spacial score (nSPS) is 12.9. The summed E-state index contributed by atoms with van der Waals surface area (Å²) in [6, 6.07) is 12.0. The van der Waals surface area contributed by atoms with E-state index in [9.17, 15) is 24.0 Å². The predicted molar refractivity (Wildman–Crippen MR) is 106 cm³/mol. The van der Waals surface area contributed by atoms with Gasteiger partial charge in [0, 0.05) is 0 Å². The van der Waals surface area contributed by atoms with E-state index in [0.717, 1.165) is 4.90 Å². The van der Waals surface area contributed by atoms with Gasteiger partial charge in [0.1, 0.15) is 5.75 Å². The van der Waals surface area contributed by atoms with E-state index in [2.05, 4.69) is 10.6 Å². The summed E-state index contributed by atoms with van der Waals surface area (Å²) in [7, 11) is 1.40. The van der Waals surface area contributed by atoms with Gasteiger partial charge in [-0.05, 0) is 29.8 Å². The molecule has 0 spiro atoms. The third-order valence-electron chi connectivity index (χ3n) is 4.41. The van der Waals surface area contributed by atoms with Crippen LogP contribution in [0.1, 0.15) is 26.3 Å². The molecule has 1 fully saturated rings. The number of methoxy groups -OCH3 is 1. The number of nitrogens with zero attached hydrogens (tertiary/aromatic N) is 1. The van der Waals surface area contributed by atoms with Crippen molar-refractivity contribution in [3.8, 4) is 5.75 Å². The molecule has 1 heterocycles. The Morgan fingerprint density at radius 1 is 1.06 bits per heavy atom. The summed E-state index contributed by atoms with van der Waals surface area (Å²) in [6.07, 6.45) is 0. The lowest BCUT2D eigenvalue weighted by molar-refractivity contribution is -0.125. The Hall–Kier alpha value is -4.21. The molecule has 31 heavy (non-hydrogen) atoms. The predicted octanol–water partition coefficient (Wildman–Crippen LogP) is 0.860. The fourth-order valence-corrected chi connectivity index (χ4v) is 2.82. The first-order valence-electron chi connectivity index (χ1n) is 9.20. The zero-order chi connectivity index (χ0) is 22.4. The Balaban J connectivity index is 1.51. The van der Waals surface area contributed by atoms with Crippen LogP contribution in [0.2, 0.25) is 0 Å². The molecule has 2 aromatic carbocycles. The number of hydrogen-bond acceptors (Lipinski definition) is 7. The third-order valence-corrected chi connectivity index (χ3v) is 4.41. The number of carbonyl (C=O) groups excluding carboxylic acids is 5. The monoisotopic (exact) mass is 425 g/mol. The number of hydrogen-bond donors (Lipinski definition) is 2. The molecule has 2 aromatic rings. The smallest absolute Gasteiger partial charge is 0.338 e. The van der Waals surface area contributed by atoms with Crippen molar-refractivity contribution in [3.05, 3.63) is 65.2 Å². The Bertz CT molecular complexity index is 1020. The zero-order valence-corrected chi connectivity index (χ0v) is 16.5. The molecule has 0 aromatic heterocycles. The highest BCUT2D eigenvalue weighted by Gasteiger charge is 2.28. The van der Waals surface area contributed by atoms with Crippen LogP contribution >= 0.6 is 0 Å². The van der Waals surface area contributed by atoms with Crippen LogP contribution in [0.4, 0.5) is 4.79 Å². The molecule has 0 aliphatic carbocycles. The molecule has 0 saturated carbocycles. The Kier molecular flexibility index (Phi) is 6.61. The SMILES string of the molecule is COc1ccccc1C(=O)NC(=O)COC(=O)c1ccc(CN2C(=O)CNC2=O)cc1. The average molecular weight is 425 g/mol. The lowest BCUT2D eigenvalue weighted by Gasteiger charge is -2.12. The van der Waals surface area contributed by atoms with Crippen molar-refractivity contribution < 1.29 is 33.4 Å². The Morgan fingerprint density at radius 3 is 2.42 bits per heavy atom. The van der Waals surface area contributed by atoms with Crippen molar-refractivity contribution in [2.45, 2.75) is 6.54 Å². The number of ether oxygens (including phenoxy) is 2. The number of nitrogens with one attached hydrogen (secondary N) is 2. The molecular formula is C21H19N3O7. The van der Waals surface area contributed by atoms with E-state index in [1.807, 2.05) is 0 Å². The molecule has 0 atom stereocenters. The molecule has 1 saturated heterocycles. The largest absolute Gasteiger partial charge is 0.496 e. The first-order chi connectivity index (χ1) is 14.9. The maximum atomic E-state index is 12.2. The van der Waals surface area contributed by atoms with Gasteiger partial charge >= 0.3 is 12.0 Å². The highest BCUT2D eigenvalue weighted by molar-refractivity contribution is 6.07. The highest BCUT2D eigenvalue weighted by atomic mass is 16.5. The van der Waals surface area contributed by atoms with E-state index in [4.69, 9.17) is 9.47 Å². The fraction of sp³-hybridized carbons (Fsp3) is 0.190. The summed E-state index contributed by atoms with van der Waals surface area (Å²) in [6.45, 7) is -0.609. The number of para-hydroxylation sites is 1. The molecule has 160 valence electrons. The zero-order valence-electron chi connectivity index (χ0n) is 16.5. The lowest BCUT2D eigenvalue weighted by Crippen LogP contribution is -2.34. The van der Waals surface area contributed by atoms with Crippen LogP contribution in [0.5, 0.6) is 5.75 Å². The molecule has 10 heteroatoms. The van der Waals surface area contributed by atoms with Gasteiger partial charge in [-0.2, -0.15) is 0 Å². The maximum absolute atomic E-state index is 12.2. The number of amides is 5. The molecule has 3 rings (SSSR count). The number of urea groups is 1. The first kappa shape index (κ1) is 21.5. The van der Waals surface area contributed by atoms with Gasteiger partial charge in [0.2, 0.25) is 5.91 Å². The second kappa shape index (κ2) is 9.53. The van der Waals surface area contributed by atoms with Crippen LogP contribution in [0.25, 0.3) is 0 Å². The van der Waals surface area contributed by atoms with Crippen molar-refractivity contribution in [2.24, 2.45) is 0 Å². The van der Waals surface area contributed by atoms with Gasteiger partial charge < -0.3 is 14.8 Å². The quantitative estimate of drug-likeness (QED) is 0.497. The summed E-state index contributed by atoms with van der Waals surface area (Å²) >= 11 is 0. The van der Waals surface area contributed by atoms with Crippen molar-refractivity contribution in [1.82, 2.24) is 15.5 Å². The molecule has 2 N–H and O–H groups in total. The van der Waals surface area contributed by atoms with Crippen LogP contribution in [0.15, 0.2) is 48.5 Å². The minimum Gasteiger partial charge on any atom is -0.496 e. The number of rotatable bonds is 7. The van der Waals surface area contributed by atoms with Crippen molar-refractivity contribution in [1.29, 1.82) is 0 Å². The van der Waals surface area contributed by atoms with E-state index < -0.39 is 30.4 Å². The van der Waals surface area contributed by atoms with Crippen molar-refractivity contribution in [3.63, 3.8) is 0 Å². The molecule has 1 aliphatic rings. The molecule has 5 amide bonds. The van der Waals surface area contributed by atoms with Crippen molar-refractivity contribution in [2.75, 3.05) is 20.3 Å². The minimum atomic E-state index is -0.792. The van der Waals surface area contributed by atoms with Crippen molar-refractivity contribution >= 4 is 29.7 Å². The van der Waals surface area contributed by atoms with E-state index in [-0.39, 0.29) is 30.1 Å². The van der Waals surface area contributed by atoms with Gasteiger partial charge in [-0.25, -0.2) is 9.59 Å². The number of benzene rings is 2. The maximum Gasteiger partial charge on any atom is 0.338 e. The average Bonchev–Trinajstić information content (AvgIpc) is 3.10. The van der Waals surface area contributed by atoms with Crippen LogP contribution in [0.3, 0.4) is 0 Å². The first-order valence-corrected chi connectivity index (χ1v) is 9.20. The van der Waals surface area contributed by atoms with Gasteiger partial charge in [-0.1, -0.05) is 24.3 Å². The van der Waals surface area contributed by atoms with E-state index in [1.54, 1.807) is 30.3 Å². The second-order valence-corrected chi connectivity index (χ2v) is 6.49. The molecular weight excluding hydrogens is 406 g/mol. The lowest BCUT2D eigenvalue weighted by atomic mass is 10.1. The van der Waals surface area contributed by atoms with Gasteiger partial charge in [-0.3, -0.25) is 24.6 Å². The molecule has 0 bridgehead atoms. The van der Waals surface area contributed by atoms with E-state index >= 15 is 0 Å². The van der Waals surface area contributed by atoms with E-state index in [1.165, 1.54) is 25.3 Å². The fourth-order valence-electron chi connectivity index (χ4n) is 2.82. The number of imide groups is 2. The summed E-state index contributed by atoms with van der Waals surface area (Å²) in [4.78, 5) is 60.5. The molecule has 0 unspecified atom stereocenters. The molecule has 1 aliphatic heterocycles. The van der Waals surface area contributed by atoms with Crippen LogP contribution in [0, 0.1) is 0 Å². The second-order valence-electron chi connectivity index (χ2n) is 6.49. The Labute approximate surface area is 177 Å². The Morgan fingerprint density at radius 2 is 1.77 bits per heavy atom. The summed E-state index contributed by atoms with van der Waals surface area (Å²) in [5, 5.41) is 4.55. The molecule has 0 radical (unpaired) electrons. The van der Waals surface area contributed by atoms with Gasteiger partial charge in [0.25, 0.3) is 11.8 Å². The van der Waals surface area contributed by atoms with Gasteiger partial charge in [0.15, 0.2) is 6.61 Å². The molecule has 10 nitrogen and oxygen atoms in total. The summed E-state index contributed by atoms with van der Waals surface area (Å²) in [5.74, 6) is -2.26. The van der Waals surface area contributed by atoms with Crippen LogP contribution in [-0.4, -0.2) is 54.9 Å². The summed E-state index contributed by atoms with van der Waals surface area (Å²) < 4.78 is 9.99. The standard InChI is InChI=1S/C21H19N3O7/c1-30-16-5-3-2-4-15(16)19(27)23-17(25)12-31-20(28)14-8-6-13(7-9-14)11-24-18(26)10-22-21(24)29/h2-9H,10-12H2,1H3,(H,22,29)(H,23,25,27). The number of esters is 1. The topological polar surface area (TPSA) is 131 Å². The van der Waals surface area contributed by atoms with Crippen LogP contribution < -0.4 is 15.4 Å². The third kappa shape index (κ3) is 5.24.